The number of anilines is 1. The number of benzene rings is 1. The molecular formula is C17H21FN4O. The van der Waals surface area contributed by atoms with Gasteiger partial charge in [0.05, 0.1) is 5.69 Å². The number of aromatic nitrogens is 2. The van der Waals surface area contributed by atoms with Crippen LogP contribution in [0.3, 0.4) is 0 Å². The van der Waals surface area contributed by atoms with Gasteiger partial charge in [-0.2, -0.15) is 0 Å². The van der Waals surface area contributed by atoms with Gasteiger partial charge in [0.2, 0.25) is 0 Å². The number of rotatable bonds is 4. The van der Waals surface area contributed by atoms with Gasteiger partial charge in [0, 0.05) is 24.7 Å². The number of nitrogens with zero attached hydrogens (tertiary/aromatic N) is 2. The van der Waals surface area contributed by atoms with Crippen LogP contribution in [0.25, 0.3) is 11.3 Å². The van der Waals surface area contributed by atoms with Crippen LogP contribution in [0.2, 0.25) is 0 Å². The summed E-state index contributed by atoms with van der Waals surface area (Å²) in [5.74, 6) is 0.851. The number of alkyl halides is 1. The molecule has 3 rings (SSSR count). The minimum Gasteiger partial charge on any atom is -0.507 e. The van der Waals surface area contributed by atoms with E-state index in [-0.39, 0.29) is 11.8 Å². The summed E-state index contributed by atoms with van der Waals surface area (Å²) in [4.78, 5) is 0. The Morgan fingerprint density at radius 2 is 2.13 bits per heavy atom. The van der Waals surface area contributed by atoms with Gasteiger partial charge in [0.25, 0.3) is 0 Å². The van der Waals surface area contributed by atoms with E-state index in [2.05, 4.69) is 20.8 Å². The van der Waals surface area contributed by atoms with Gasteiger partial charge in [-0.25, -0.2) is 4.39 Å². The molecule has 0 radical (unpaired) electrons. The van der Waals surface area contributed by atoms with Crippen LogP contribution in [0, 0.1) is 13.8 Å². The average molecular weight is 316 g/mol. The van der Waals surface area contributed by atoms with Gasteiger partial charge in [0.15, 0.2) is 0 Å². The Kier molecular flexibility index (Phi) is 4.43. The highest BCUT2D eigenvalue weighted by Crippen LogP contribution is 2.32. The molecular weight excluding hydrogens is 295 g/mol. The number of halogens is 1. The maximum Gasteiger partial charge on any atom is 0.148 e. The highest BCUT2D eigenvalue weighted by molar-refractivity contribution is 5.71. The van der Waals surface area contributed by atoms with Crippen LogP contribution in [0.5, 0.6) is 5.75 Å². The standard InChI is InChI=1S/C17H21FN4O/c1-10-5-11(2)17(15(23)6-10)14-3-4-16(22-21-14)20-9-13-7-12(18)8-19-13/h3-6,12-13,19,23H,7-9H2,1-2H3,(H,20,22)/t12-,13-/m0/s1. The number of hydrogen-bond donors (Lipinski definition) is 3. The molecule has 1 saturated heterocycles. The zero-order valence-corrected chi connectivity index (χ0v) is 13.3. The fourth-order valence-electron chi connectivity index (χ4n) is 2.99. The molecule has 1 aliphatic rings. The van der Waals surface area contributed by atoms with Crippen molar-refractivity contribution in [3.8, 4) is 17.0 Å². The molecule has 5 nitrogen and oxygen atoms in total. The van der Waals surface area contributed by atoms with Crippen molar-refractivity contribution in [2.24, 2.45) is 0 Å². The Hall–Kier alpha value is -2.21. The van der Waals surface area contributed by atoms with Crippen molar-refractivity contribution in [1.29, 1.82) is 0 Å². The van der Waals surface area contributed by atoms with Crippen LogP contribution in [0.4, 0.5) is 10.2 Å². The van der Waals surface area contributed by atoms with Crippen molar-refractivity contribution in [2.75, 3.05) is 18.4 Å². The van der Waals surface area contributed by atoms with Crippen LogP contribution >= 0.6 is 0 Å². The quantitative estimate of drug-likeness (QED) is 0.809. The van der Waals surface area contributed by atoms with Gasteiger partial charge in [0.1, 0.15) is 17.7 Å². The first-order valence-electron chi connectivity index (χ1n) is 7.78. The molecule has 2 heterocycles. The van der Waals surface area contributed by atoms with Crippen molar-refractivity contribution in [1.82, 2.24) is 15.5 Å². The maximum absolute atomic E-state index is 13.1. The van der Waals surface area contributed by atoms with Gasteiger partial charge < -0.3 is 15.7 Å². The summed E-state index contributed by atoms with van der Waals surface area (Å²) in [6, 6.07) is 7.49. The molecule has 0 spiro atoms. The predicted molar refractivity (Wildman–Crippen MR) is 88.4 cm³/mol. The van der Waals surface area contributed by atoms with E-state index in [0.29, 0.717) is 36.6 Å². The number of phenols is 1. The minimum absolute atomic E-state index is 0.120. The van der Waals surface area contributed by atoms with Gasteiger partial charge >= 0.3 is 0 Å². The zero-order chi connectivity index (χ0) is 16.4. The first kappa shape index (κ1) is 15.7. The van der Waals surface area contributed by atoms with E-state index in [1.165, 1.54) is 0 Å². The monoisotopic (exact) mass is 316 g/mol. The summed E-state index contributed by atoms with van der Waals surface area (Å²) in [6.07, 6.45) is -0.239. The largest absolute Gasteiger partial charge is 0.507 e. The predicted octanol–water partition coefficient (Wildman–Crippen LogP) is 2.58. The van der Waals surface area contributed by atoms with Crippen LogP contribution < -0.4 is 10.6 Å². The Morgan fingerprint density at radius 3 is 2.74 bits per heavy atom. The molecule has 1 fully saturated rings. The Balaban J connectivity index is 1.70. The van der Waals surface area contributed by atoms with Crippen LogP contribution in [0.15, 0.2) is 24.3 Å². The first-order chi connectivity index (χ1) is 11.0. The van der Waals surface area contributed by atoms with Crippen molar-refractivity contribution in [3.63, 3.8) is 0 Å². The van der Waals surface area contributed by atoms with Gasteiger partial charge in [-0.05, 0) is 49.6 Å². The molecule has 122 valence electrons. The SMILES string of the molecule is Cc1cc(C)c(-c2ccc(NC[C@@H]3C[C@H](F)CN3)nn2)c(O)c1. The lowest BCUT2D eigenvalue weighted by molar-refractivity contribution is 0.356. The zero-order valence-electron chi connectivity index (χ0n) is 13.3. The number of aromatic hydroxyl groups is 1. The van der Waals surface area contributed by atoms with Crippen LogP contribution in [-0.2, 0) is 0 Å². The normalized spacial score (nSPS) is 20.7. The summed E-state index contributed by atoms with van der Waals surface area (Å²) >= 11 is 0. The van der Waals surface area contributed by atoms with Crippen molar-refractivity contribution in [2.45, 2.75) is 32.5 Å². The van der Waals surface area contributed by atoms with Gasteiger partial charge in [-0.3, -0.25) is 0 Å². The number of nitrogens with one attached hydrogen (secondary N) is 2. The molecule has 2 atom stereocenters. The fraction of sp³-hybridized carbons (Fsp3) is 0.412. The smallest absolute Gasteiger partial charge is 0.148 e. The lowest BCUT2D eigenvalue weighted by Crippen LogP contribution is -2.29. The van der Waals surface area contributed by atoms with Crippen molar-refractivity contribution in [3.05, 3.63) is 35.4 Å². The van der Waals surface area contributed by atoms with E-state index < -0.39 is 6.17 Å². The van der Waals surface area contributed by atoms with E-state index in [9.17, 15) is 9.50 Å². The van der Waals surface area contributed by atoms with Gasteiger partial charge in [-0.15, -0.1) is 10.2 Å². The molecule has 1 aliphatic heterocycles. The summed E-state index contributed by atoms with van der Waals surface area (Å²) in [5, 5.41) is 24.8. The lowest BCUT2D eigenvalue weighted by atomic mass is 10.0. The molecule has 1 aromatic carbocycles. The fourth-order valence-corrected chi connectivity index (χ4v) is 2.99. The van der Waals surface area contributed by atoms with E-state index in [0.717, 1.165) is 11.1 Å². The molecule has 23 heavy (non-hydrogen) atoms. The Labute approximate surface area is 135 Å². The Morgan fingerprint density at radius 1 is 1.30 bits per heavy atom. The lowest BCUT2D eigenvalue weighted by Gasteiger charge is -2.12. The summed E-state index contributed by atoms with van der Waals surface area (Å²) < 4.78 is 13.1. The number of phenolic OH excluding ortho intramolecular Hbond substituents is 1. The highest BCUT2D eigenvalue weighted by atomic mass is 19.1. The maximum atomic E-state index is 13.1. The third-order valence-corrected chi connectivity index (χ3v) is 4.08. The third kappa shape index (κ3) is 3.59. The van der Waals surface area contributed by atoms with Crippen LogP contribution in [-0.4, -0.2) is 40.6 Å². The third-order valence-electron chi connectivity index (χ3n) is 4.08. The summed E-state index contributed by atoms with van der Waals surface area (Å²) in [6.45, 7) is 4.91. The molecule has 0 amide bonds. The molecule has 2 aromatic rings. The van der Waals surface area contributed by atoms with Crippen LogP contribution in [0.1, 0.15) is 17.5 Å². The second kappa shape index (κ2) is 6.50. The van der Waals surface area contributed by atoms with Crippen molar-refractivity contribution < 1.29 is 9.50 Å². The second-order valence-electron chi connectivity index (χ2n) is 6.10. The molecule has 1 aromatic heterocycles. The molecule has 3 N–H and O–H groups in total. The highest BCUT2D eigenvalue weighted by Gasteiger charge is 2.23. The molecule has 0 aliphatic carbocycles. The number of hydrogen-bond acceptors (Lipinski definition) is 5. The number of aryl methyl sites for hydroxylation is 2. The topological polar surface area (TPSA) is 70.1 Å². The molecule has 0 saturated carbocycles. The molecule has 6 heteroatoms. The minimum atomic E-state index is -0.761. The van der Waals surface area contributed by atoms with E-state index in [4.69, 9.17) is 0 Å². The average Bonchev–Trinajstić information content (AvgIpc) is 2.91. The summed E-state index contributed by atoms with van der Waals surface area (Å²) in [7, 11) is 0. The van der Waals surface area contributed by atoms with E-state index in [1.807, 2.05) is 32.0 Å². The first-order valence-corrected chi connectivity index (χ1v) is 7.78. The van der Waals surface area contributed by atoms with Crippen molar-refractivity contribution >= 4 is 5.82 Å². The van der Waals surface area contributed by atoms with E-state index in [1.54, 1.807) is 6.07 Å². The van der Waals surface area contributed by atoms with E-state index >= 15 is 0 Å². The summed E-state index contributed by atoms with van der Waals surface area (Å²) in [5.41, 5.74) is 3.30. The van der Waals surface area contributed by atoms with Gasteiger partial charge in [-0.1, -0.05) is 6.07 Å². The Bertz CT molecular complexity index is 666. The molecule has 0 bridgehead atoms. The second-order valence-corrected chi connectivity index (χ2v) is 6.10. The molecule has 0 unspecified atom stereocenters.